The Morgan fingerprint density at radius 2 is 1.81 bits per heavy atom. The number of hydrogen-bond acceptors (Lipinski definition) is 2. The molecule has 0 aliphatic heterocycles. The minimum absolute atomic E-state index is 0.687. The second-order valence-electron chi connectivity index (χ2n) is 4.15. The molecule has 0 atom stereocenters. The third kappa shape index (κ3) is 2.60. The second-order valence-corrected chi connectivity index (χ2v) is 4.15. The van der Waals surface area contributed by atoms with Gasteiger partial charge >= 0.3 is 0 Å². The Balaban J connectivity index is 2.20. The molecule has 0 fully saturated rings. The summed E-state index contributed by atoms with van der Waals surface area (Å²) in [7, 11) is 0. The molecule has 0 saturated heterocycles. The maximum atomic E-state index is 5.44. The molecule has 84 valence electrons. The molecule has 2 aromatic carbocycles. The Morgan fingerprint density at radius 1 is 1.06 bits per heavy atom. The van der Waals surface area contributed by atoms with E-state index in [1.54, 1.807) is 0 Å². The molecule has 0 unspecified atom stereocenters. The predicted octanol–water partition coefficient (Wildman–Crippen LogP) is 2.20. The van der Waals surface area contributed by atoms with Crippen LogP contribution in [0.1, 0.15) is 11.1 Å². The topological polar surface area (TPSA) is 38.0 Å². The van der Waals surface area contributed by atoms with Gasteiger partial charge in [-0.3, -0.25) is 0 Å². The van der Waals surface area contributed by atoms with Gasteiger partial charge < -0.3 is 11.1 Å². The van der Waals surface area contributed by atoms with E-state index in [0.717, 1.165) is 13.1 Å². The summed E-state index contributed by atoms with van der Waals surface area (Å²) >= 11 is 0. The van der Waals surface area contributed by atoms with Gasteiger partial charge in [0, 0.05) is 19.6 Å². The molecule has 0 radical (unpaired) electrons. The highest BCUT2D eigenvalue weighted by molar-refractivity contribution is 5.83. The number of rotatable bonds is 4. The number of aryl methyl sites for hydroxylation is 1. The molecule has 0 aliphatic carbocycles. The molecular formula is C14H18N2. The van der Waals surface area contributed by atoms with Crippen LogP contribution < -0.4 is 11.1 Å². The van der Waals surface area contributed by atoms with Gasteiger partial charge in [-0.1, -0.05) is 35.9 Å². The Labute approximate surface area is 96.5 Å². The predicted molar refractivity (Wildman–Crippen MR) is 69.4 cm³/mol. The molecule has 16 heavy (non-hydrogen) atoms. The van der Waals surface area contributed by atoms with E-state index in [1.165, 1.54) is 21.9 Å². The van der Waals surface area contributed by atoms with Crippen LogP contribution in [0.25, 0.3) is 10.8 Å². The maximum absolute atomic E-state index is 5.44. The molecule has 2 rings (SSSR count). The van der Waals surface area contributed by atoms with E-state index in [-0.39, 0.29) is 0 Å². The summed E-state index contributed by atoms with van der Waals surface area (Å²) < 4.78 is 0. The van der Waals surface area contributed by atoms with Gasteiger partial charge in [-0.25, -0.2) is 0 Å². The lowest BCUT2D eigenvalue weighted by molar-refractivity contribution is 0.695. The first-order valence-electron chi connectivity index (χ1n) is 5.69. The Hall–Kier alpha value is -1.38. The van der Waals surface area contributed by atoms with Crippen molar-refractivity contribution in [1.29, 1.82) is 0 Å². The van der Waals surface area contributed by atoms with Crippen molar-refractivity contribution in [1.82, 2.24) is 5.32 Å². The van der Waals surface area contributed by atoms with Crippen LogP contribution in [0.3, 0.4) is 0 Å². The summed E-state index contributed by atoms with van der Waals surface area (Å²) in [5.74, 6) is 0. The fraction of sp³-hybridized carbons (Fsp3) is 0.286. The first-order chi connectivity index (χ1) is 7.79. The Bertz CT molecular complexity index is 477. The third-order valence-corrected chi connectivity index (χ3v) is 2.71. The number of fused-ring (bicyclic) bond motifs is 1. The molecule has 0 aliphatic rings. The Kier molecular flexibility index (Phi) is 3.54. The van der Waals surface area contributed by atoms with Crippen molar-refractivity contribution in [3.05, 3.63) is 47.5 Å². The lowest BCUT2D eigenvalue weighted by atomic mass is 10.0. The highest BCUT2D eigenvalue weighted by Crippen LogP contribution is 2.17. The molecule has 0 aromatic heterocycles. The molecule has 0 bridgehead atoms. The van der Waals surface area contributed by atoms with Gasteiger partial charge in [0.15, 0.2) is 0 Å². The van der Waals surface area contributed by atoms with Crippen LogP contribution >= 0.6 is 0 Å². The van der Waals surface area contributed by atoms with Gasteiger partial charge in [0.2, 0.25) is 0 Å². The van der Waals surface area contributed by atoms with Crippen LogP contribution in [0.15, 0.2) is 36.4 Å². The van der Waals surface area contributed by atoms with Crippen LogP contribution in [0.2, 0.25) is 0 Å². The molecule has 0 spiro atoms. The molecule has 0 amide bonds. The van der Waals surface area contributed by atoms with Crippen molar-refractivity contribution in [2.75, 3.05) is 13.1 Å². The minimum Gasteiger partial charge on any atom is -0.329 e. The zero-order valence-electron chi connectivity index (χ0n) is 9.66. The van der Waals surface area contributed by atoms with E-state index < -0.39 is 0 Å². The lowest BCUT2D eigenvalue weighted by Gasteiger charge is -2.05. The van der Waals surface area contributed by atoms with Gasteiger partial charge in [0.25, 0.3) is 0 Å². The molecule has 2 nitrogen and oxygen atoms in total. The van der Waals surface area contributed by atoms with Gasteiger partial charge in [-0.05, 0) is 29.3 Å². The van der Waals surface area contributed by atoms with Crippen molar-refractivity contribution in [2.24, 2.45) is 5.73 Å². The van der Waals surface area contributed by atoms with Crippen molar-refractivity contribution in [2.45, 2.75) is 13.5 Å². The molecule has 2 heteroatoms. The summed E-state index contributed by atoms with van der Waals surface area (Å²) in [6.45, 7) is 4.57. The van der Waals surface area contributed by atoms with Crippen molar-refractivity contribution < 1.29 is 0 Å². The van der Waals surface area contributed by atoms with Gasteiger partial charge in [0.05, 0.1) is 0 Å². The fourth-order valence-corrected chi connectivity index (χ4v) is 1.86. The van der Waals surface area contributed by atoms with Gasteiger partial charge in [-0.2, -0.15) is 0 Å². The van der Waals surface area contributed by atoms with E-state index in [1.807, 2.05) is 0 Å². The average Bonchev–Trinajstić information content (AvgIpc) is 2.29. The van der Waals surface area contributed by atoms with Crippen molar-refractivity contribution in [3.63, 3.8) is 0 Å². The fourth-order valence-electron chi connectivity index (χ4n) is 1.86. The van der Waals surface area contributed by atoms with Crippen LogP contribution in [-0.2, 0) is 6.54 Å². The number of benzene rings is 2. The van der Waals surface area contributed by atoms with Gasteiger partial charge in [-0.15, -0.1) is 0 Å². The van der Waals surface area contributed by atoms with Crippen molar-refractivity contribution in [3.8, 4) is 0 Å². The van der Waals surface area contributed by atoms with Crippen molar-refractivity contribution >= 4 is 10.8 Å². The third-order valence-electron chi connectivity index (χ3n) is 2.71. The molecule has 2 aromatic rings. The summed E-state index contributed by atoms with van der Waals surface area (Å²) in [6, 6.07) is 13.1. The summed E-state index contributed by atoms with van der Waals surface area (Å²) in [4.78, 5) is 0. The zero-order valence-corrected chi connectivity index (χ0v) is 9.66. The number of nitrogens with one attached hydrogen (secondary N) is 1. The van der Waals surface area contributed by atoms with E-state index in [2.05, 4.69) is 48.6 Å². The van der Waals surface area contributed by atoms with Crippen LogP contribution in [0, 0.1) is 6.92 Å². The average molecular weight is 214 g/mol. The standard InChI is InChI=1S/C14H18N2/c1-11-2-4-14-9-12(10-16-7-6-15)3-5-13(14)8-11/h2-5,8-9,16H,6-7,10,15H2,1H3. The van der Waals surface area contributed by atoms with E-state index >= 15 is 0 Å². The molecule has 3 N–H and O–H groups in total. The van der Waals surface area contributed by atoms with Crippen LogP contribution in [0.5, 0.6) is 0 Å². The quantitative estimate of drug-likeness (QED) is 0.766. The number of hydrogen-bond donors (Lipinski definition) is 2. The highest BCUT2D eigenvalue weighted by Gasteiger charge is 1.96. The lowest BCUT2D eigenvalue weighted by Crippen LogP contribution is -2.21. The minimum atomic E-state index is 0.687. The maximum Gasteiger partial charge on any atom is 0.0206 e. The van der Waals surface area contributed by atoms with Crippen LogP contribution in [-0.4, -0.2) is 13.1 Å². The smallest absolute Gasteiger partial charge is 0.0206 e. The number of nitrogens with two attached hydrogens (primary N) is 1. The second kappa shape index (κ2) is 5.10. The van der Waals surface area contributed by atoms with E-state index in [9.17, 15) is 0 Å². The first-order valence-corrected chi connectivity index (χ1v) is 5.69. The normalized spacial score (nSPS) is 10.9. The largest absolute Gasteiger partial charge is 0.329 e. The molecular weight excluding hydrogens is 196 g/mol. The SMILES string of the molecule is Cc1ccc2cc(CNCCN)ccc2c1. The summed E-state index contributed by atoms with van der Waals surface area (Å²) in [5, 5.41) is 5.91. The monoisotopic (exact) mass is 214 g/mol. The molecule has 0 heterocycles. The van der Waals surface area contributed by atoms with Gasteiger partial charge in [0.1, 0.15) is 0 Å². The first kappa shape index (κ1) is 11.1. The van der Waals surface area contributed by atoms with E-state index in [0.29, 0.717) is 6.54 Å². The Morgan fingerprint density at radius 3 is 2.62 bits per heavy atom. The van der Waals surface area contributed by atoms with Crippen LogP contribution in [0.4, 0.5) is 0 Å². The molecule has 0 saturated carbocycles. The summed E-state index contributed by atoms with van der Waals surface area (Å²) in [6.07, 6.45) is 0. The van der Waals surface area contributed by atoms with E-state index in [4.69, 9.17) is 5.73 Å². The zero-order chi connectivity index (χ0) is 11.4. The summed E-state index contributed by atoms with van der Waals surface area (Å²) in [5.41, 5.74) is 8.05. The highest BCUT2D eigenvalue weighted by atomic mass is 14.9.